The fourth-order valence-corrected chi connectivity index (χ4v) is 5.31. The van der Waals surface area contributed by atoms with Crippen molar-refractivity contribution in [2.24, 2.45) is 0 Å². The molecule has 0 bridgehead atoms. The van der Waals surface area contributed by atoms with E-state index >= 15 is 0 Å². The quantitative estimate of drug-likeness (QED) is 0.424. The number of aromatic nitrogens is 2. The second-order valence-electron chi connectivity index (χ2n) is 8.48. The number of thiophene rings is 1. The molecule has 8 heteroatoms. The highest BCUT2D eigenvalue weighted by Gasteiger charge is 2.19. The molecular formula is C26H27FN4O2S. The Bertz CT molecular complexity index is 1310. The van der Waals surface area contributed by atoms with Crippen LogP contribution in [0.1, 0.15) is 18.3 Å². The van der Waals surface area contributed by atoms with Gasteiger partial charge in [-0.1, -0.05) is 24.3 Å². The van der Waals surface area contributed by atoms with Crippen LogP contribution in [-0.2, 0) is 13.1 Å². The second-order valence-corrected chi connectivity index (χ2v) is 9.34. The van der Waals surface area contributed by atoms with Gasteiger partial charge in [-0.3, -0.25) is 14.6 Å². The third-order valence-electron chi connectivity index (χ3n) is 6.13. The van der Waals surface area contributed by atoms with Gasteiger partial charge in [-0.25, -0.2) is 9.37 Å². The molecule has 0 amide bonds. The zero-order valence-corrected chi connectivity index (χ0v) is 19.9. The van der Waals surface area contributed by atoms with Gasteiger partial charge >= 0.3 is 0 Å². The molecule has 1 saturated heterocycles. The molecule has 176 valence electrons. The maximum absolute atomic E-state index is 13.3. The van der Waals surface area contributed by atoms with Crippen molar-refractivity contribution < 1.29 is 9.13 Å². The molecule has 5 rings (SSSR count). The lowest BCUT2D eigenvalue weighted by atomic mass is 10.1. The summed E-state index contributed by atoms with van der Waals surface area (Å²) in [5.41, 5.74) is 2.75. The van der Waals surface area contributed by atoms with Crippen molar-refractivity contribution >= 4 is 21.6 Å². The van der Waals surface area contributed by atoms with E-state index in [1.807, 2.05) is 24.4 Å². The largest absolute Gasteiger partial charge is 0.494 e. The maximum Gasteiger partial charge on any atom is 0.260 e. The number of hydrogen-bond donors (Lipinski definition) is 1. The molecule has 0 aliphatic carbocycles. The van der Waals surface area contributed by atoms with Gasteiger partial charge in [-0.2, -0.15) is 0 Å². The molecule has 1 aliphatic heterocycles. The number of nitrogens with one attached hydrogen (secondary N) is 1. The van der Waals surface area contributed by atoms with Crippen LogP contribution in [0.2, 0.25) is 0 Å². The van der Waals surface area contributed by atoms with Crippen LogP contribution in [0.5, 0.6) is 5.75 Å². The first-order chi connectivity index (χ1) is 16.6. The van der Waals surface area contributed by atoms with E-state index in [0.29, 0.717) is 29.2 Å². The summed E-state index contributed by atoms with van der Waals surface area (Å²) in [6, 6.07) is 14.5. The topological polar surface area (TPSA) is 61.5 Å². The van der Waals surface area contributed by atoms with Gasteiger partial charge in [0.15, 0.2) is 0 Å². The van der Waals surface area contributed by atoms with Gasteiger partial charge < -0.3 is 9.72 Å². The summed E-state index contributed by atoms with van der Waals surface area (Å²) in [5.74, 6) is 1.30. The number of hydrogen-bond acceptors (Lipinski definition) is 6. The van der Waals surface area contributed by atoms with E-state index in [9.17, 15) is 9.18 Å². The van der Waals surface area contributed by atoms with E-state index in [2.05, 4.69) is 26.9 Å². The van der Waals surface area contributed by atoms with E-state index in [1.54, 1.807) is 12.1 Å². The van der Waals surface area contributed by atoms with E-state index in [-0.39, 0.29) is 11.4 Å². The van der Waals surface area contributed by atoms with Gasteiger partial charge in [0, 0.05) is 43.7 Å². The summed E-state index contributed by atoms with van der Waals surface area (Å²) >= 11 is 1.45. The molecular weight excluding hydrogens is 451 g/mol. The van der Waals surface area contributed by atoms with E-state index in [1.165, 1.54) is 29.0 Å². The summed E-state index contributed by atoms with van der Waals surface area (Å²) in [6.45, 7) is 7.97. The van der Waals surface area contributed by atoms with Crippen LogP contribution >= 0.6 is 11.3 Å². The molecule has 0 saturated carbocycles. The van der Waals surface area contributed by atoms with Crippen molar-refractivity contribution in [1.29, 1.82) is 0 Å². The van der Waals surface area contributed by atoms with Gasteiger partial charge in [0.25, 0.3) is 5.56 Å². The molecule has 1 N–H and O–H groups in total. The summed E-state index contributed by atoms with van der Waals surface area (Å²) in [7, 11) is 0. The Morgan fingerprint density at radius 3 is 2.35 bits per heavy atom. The number of piperazine rings is 1. The average Bonchev–Trinajstić information content (AvgIpc) is 3.27. The number of rotatable bonds is 7. The highest BCUT2D eigenvalue weighted by atomic mass is 32.1. The normalized spacial score (nSPS) is 15.1. The number of ether oxygens (including phenoxy) is 1. The predicted octanol–water partition coefficient (Wildman–Crippen LogP) is 4.51. The van der Waals surface area contributed by atoms with E-state index < -0.39 is 0 Å². The third-order valence-corrected chi connectivity index (χ3v) is 7.00. The molecule has 4 aromatic rings. The highest BCUT2D eigenvalue weighted by molar-refractivity contribution is 7.17. The van der Waals surface area contributed by atoms with Gasteiger partial charge in [0.1, 0.15) is 22.2 Å². The van der Waals surface area contributed by atoms with Crippen molar-refractivity contribution in [3.8, 4) is 16.9 Å². The van der Waals surface area contributed by atoms with Crippen molar-refractivity contribution in [2.45, 2.75) is 20.0 Å². The molecule has 1 aliphatic rings. The third kappa shape index (κ3) is 5.04. The van der Waals surface area contributed by atoms with Crippen LogP contribution in [0.15, 0.2) is 58.7 Å². The minimum absolute atomic E-state index is 0.144. The van der Waals surface area contributed by atoms with E-state index in [0.717, 1.165) is 49.6 Å². The Morgan fingerprint density at radius 1 is 1.00 bits per heavy atom. The predicted molar refractivity (Wildman–Crippen MR) is 134 cm³/mol. The summed E-state index contributed by atoms with van der Waals surface area (Å²) in [6.07, 6.45) is 0. The molecule has 2 aromatic carbocycles. The molecule has 0 radical (unpaired) electrons. The van der Waals surface area contributed by atoms with Crippen molar-refractivity contribution in [1.82, 2.24) is 19.8 Å². The van der Waals surface area contributed by atoms with Crippen LogP contribution in [0, 0.1) is 5.82 Å². The summed E-state index contributed by atoms with van der Waals surface area (Å²) < 4.78 is 18.8. The van der Waals surface area contributed by atoms with Crippen molar-refractivity contribution in [3.05, 3.63) is 81.5 Å². The molecule has 0 atom stereocenters. The Kier molecular flexibility index (Phi) is 6.71. The lowest BCUT2D eigenvalue weighted by molar-refractivity contribution is 0.120. The molecule has 0 spiro atoms. The maximum atomic E-state index is 13.3. The number of benzene rings is 2. The van der Waals surface area contributed by atoms with Gasteiger partial charge in [-0.15, -0.1) is 11.3 Å². The minimum atomic E-state index is -0.294. The summed E-state index contributed by atoms with van der Waals surface area (Å²) in [5, 5.41) is 2.49. The molecule has 2 aromatic heterocycles. The zero-order chi connectivity index (χ0) is 23.5. The van der Waals surface area contributed by atoms with Gasteiger partial charge in [0.2, 0.25) is 0 Å². The lowest BCUT2D eigenvalue weighted by Crippen LogP contribution is -2.45. The van der Waals surface area contributed by atoms with Crippen LogP contribution in [0.3, 0.4) is 0 Å². The number of fused-ring (bicyclic) bond motifs is 1. The highest BCUT2D eigenvalue weighted by Crippen LogP contribution is 2.30. The number of halogens is 1. The lowest BCUT2D eigenvalue weighted by Gasteiger charge is -2.34. The molecule has 0 unspecified atom stereocenters. The van der Waals surface area contributed by atoms with Crippen LogP contribution in [0.4, 0.5) is 4.39 Å². The first kappa shape index (κ1) is 22.7. The first-order valence-corrected chi connectivity index (χ1v) is 12.4. The summed E-state index contributed by atoms with van der Waals surface area (Å²) in [4.78, 5) is 26.1. The van der Waals surface area contributed by atoms with E-state index in [4.69, 9.17) is 9.72 Å². The van der Waals surface area contributed by atoms with Gasteiger partial charge in [-0.05, 0) is 42.3 Å². The Morgan fingerprint density at radius 2 is 1.68 bits per heavy atom. The van der Waals surface area contributed by atoms with Crippen molar-refractivity contribution in [2.75, 3.05) is 32.8 Å². The smallest absolute Gasteiger partial charge is 0.260 e. The standard InChI is InChI=1S/C26H27FN4O2S/c1-2-33-21-9-3-18(4-10-21)15-30-11-13-31(14-12-30)16-23-28-25(32)24-22(17-34-26(24)29-23)19-5-7-20(27)8-6-19/h3-10,17H,2,11-16H2,1H3,(H,28,29,32). The molecule has 3 heterocycles. The average molecular weight is 479 g/mol. The van der Waals surface area contributed by atoms with Gasteiger partial charge in [0.05, 0.1) is 18.5 Å². The second kappa shape index (κ2) is 10.0. The Balaban J connectivity index is 1.21. The number of aromatic amines is 1. The first-order valence-electron chi connectivity index (χ1n) is 11.5. The zero-order valence-electron chi connectivity index (χ0n) is 19.1. The fourth-order valence-electron chi connectivity index (χ4n) is 4.34. The molecule has 1 fully saturated rings. The SMILES string of the molecule is CCOc1ccc(CN2CCN(Cc3nc4scc(-c5ccc(F)cc5)c4c(=O)[nH]3)CC2)cc1. The minimum Gasteiger partial charge on any atom is -0.494 e. The fraction of sp³-hybridized carbons (Fsp3) is 0.308. The monoisotopic (exact) mass is 478 g/mol. The number of nitrogens with zero attached hydrogens (tertiary/aromatic N) is 3. The number of H-pyrrole nitrogens is 1. The Hall–Kier alpha value is -3.07. The molecule has 34 heavy (non-hydrogen) atoms. The van der Waals surface area contributed by atoms with Crippen LogP contribution in [0.25, 0.3) is 21.3 Å². The van der Waals surface area contributed by atoms with Crippen molar-refractivity contribution in [3.63, 3.8) is 0 Å². The van der Waals surface area contributed by atoms with Crippen LogP contribution < -0.4 is 10.3 Å². The van der Waals surface area contributed by atoms with Crippen LogP contribution in [-0.4, -0.2) is 52.6 Å². The molecule has 6 nitrogen and oxygen atoms in total. The Labute approximate surface area is 201 Å².